The Balaban J connectivity index is 1.52. The Bertz CT molecular complexity index is 1110. The van der Waals surface area contributed by atoms with Crippen LogP contribution in [0, 0.1) is 17.6 Å². The van der Waals surface area contributed by atoms with E-state index in [9.17, 15) is 23.8 Å². The van der Waals surface area contributed by atoms with Crippen molar-refractivity contribution in [2.24, 2.45) is 5.92 Å². The maximum Gasteiger partial charge on any atom is 0.218 e. The zero-order valence-corrected chi connectivity index (χ0v) is 16.6. The predicted octanol–water partition coefficient (Wildman–Crippen LogP) is 1.77. The number of nitrogens with zero attached hydrogens (tertiary/aromatic N) is 4. The van der Waals surface area contributed by atoms with Gasteiger partial charge in [-0.1, -0.05) is 13.0 Å². The summed E-state index contributed by atoms with van der Waals surface area (Å²) in [5, 5.41) is 27.4. The van der Waals surface area contributed by atoms with E-state index in [1.54, 1.807) is 6.20 Å². The molecule has 0 unspecified atom stereocenters. The first-order valence-corrected chi connectivity index (χ1v) is 9.78. The van der Waals surface area contributed by atoms with Gasteiger partial charge in [0.05, 0.1) is 24.3 Å². The van der Waals surface area contributed by atoms with Crippen LogP contribution >= 0.6 is 0 Å². The smallest absolute Gasteiger partial charge is 0.218 e. The quantitative estimate of drug-likeness (QED) is 0.512. The number of carbonyl (C=O) groups is 1. The number of rotatable bonds is 6. The number of hydrogen-bond acceptors (Lipinski definition) is 7. The van der Waals surface area contributed by atoms with Gasteiger partial charge in [0.2, 0.25) is 5.78 Å². The fraction of sp³-hybridized carbons (Fsp3) is 0.333. The summed E-state index contributed by atoms with van der Waals surface area (Å²) in [6.45, 7) is 1.99. The number of aliphatic hydroxyl groups is 2. The number of nitrogens with one attached hydrogen (secondary N) is 1. The van der Waals surface area contributed by atoms with E-state index in [-0.39, 0.29) is 29.5 Å². The molecule has 162 valence electrons. The minimum absolute atomic E-state index is 0.0968. The van der Waals surface area contributed by atoms with Crippen molar-refractivity contribution in [3.05, 3.63) is 71.4 Å². The predicted molar refractivity (Wildman–Crippen MR) is 106 cm³/mol. The Kier molecular flexibility index (Phi) is 5.75. The second-order valence-corrected chi connectivity index (χ2v) is 7.71. The van der Waals surface area contributed by atoms with Crippen LogP contribution in [0.4, 0.5) is 14.6 Å². The summed E-state index contributed by atoms with van der Waals surface area (Å²) in [6.07, 6.45) is 2.87. The lowest BCUT2D eigenvalue weighted by atomic mass is 10.1. The second kappa shape index (κ2) is 8.48. The van der Waals surface area contributed by atoms with Gasteiger partial charge in [0, 0.05) is 12.4 Å². The molecule has 0 spiro atoms. The number of carbonyl (C=O) groups excluding carboxylic acids is 1. The molecular weight excluding hydrogens is 408 g/mol. The summed E-state index contributed by atoms with van der Waals surface area (Å²) in [4.78, 5) is 21.0. The van der Waals surface area contributed by atoms with Crippen molar-refractivity contribution in [1.82, 2.24) is 19.7 Å². The molecule has 3 N–H and O–H groups in total. The number of aliphatic hydroxyl groups excluding tert-OH is 2. The molecule has 8 nitrogen and oxygen atoms in total. The van der Waals surface area contributed by atoms with Gasteiger partial charge in [-0.15, -0.1) is 0 Å². The summed E-state index contributed by atoms with van der Waals surface area (Å²) in [5.41, 5.74) is 0.789. The molecule has 10 heteroatoms. The van der Waals surface area contributed by atoms with Crippen LogP contribution in [0.3, 0.4) is 0 Å². The van der Waals surface area contributed by atoms with Crippen LogP contribution in [0.25, 0.3) is 0 Å². The van der Waals surface area contributed by atoms with E-state index in [0.717, 1.165) is 12.1 Å². The van der Waals surface area contributed by atoms with E-state index in [4.69, 9.17) is 0 Å². The van der Waals surface area contributed by atoms with Crippen molar-refractivity contribution < 1.29 is 23.8 Å². The van der Waals surface area contributed by atoms with Gasteiger partial charge in [0.1, 0.15) is 23.9 Å². The monoisotopic (exact) mass is 429 g/mol. The maximum absolute atomic E-state index is 13.4. The van der Waals surface area contributed by atoms with E-state index in [1.807, 2.05) is 6.92 Å². The molecule has 1 fully saturated rings. The lowest BCUT2D eigenvalue weighted by molar-refractivity contribution is 0.0210. The van der Waals surface area contributed by atoms with E-state index >= 15 is 0 Å². The standard InChI is InChI=1S/C21H21F2N5O3/c1-11-6-17(20(31)18(11)29)26-21-13(8-24-10-25-21)19(30)16-4-5-28(27-16)9-12-2-3-14(22)15(23)7-12/h2-5,7-8,10-11,17-18,20,29,31H,6,9H2,1H3,(H,24,25,26)/t11-,17-,18-,20-/m1/s1. The molecule has 1 aliphatic carbocycles. The van der Waals surface area contributed by atoms with E-state index in [2.05, 4.69) is 20.4 Å². The molecule has 0 amide bonds. The van der Waals surface area contributed by atoms with Gasteiger partial charge in [-0.25, -0.2) is 18.7 Å². The van der Waals surface area contributed by atoms with Crippen LogP contribution in [-0.4, -0.2) is 54.0 Å². The topological polar surface area (TPSA) is 113 Å². The molecule has 1 aromatic carbocycles. The fourth-order valence-electron chi connectivity index (χ4n) is 3.72. The van der Waals surface area contributed by atoms with Gasteiger partial charge < -0.3 is 15.5 Å². The molecule has 0 aliphatic heterocycles. The van der Waals surface area contributed by atoms with Gasteiger partial charge in [-0.05, 0) is 36.1 Å². The molecule has 4 atom stereocenters. The van der Waals surface area contributed by atoms with Crippen LogP contribution < -0.4 is 5.32 Å². The highest BCUT2D eigenvalue weighted by Crippen LogP contribution is 2.29. The van der Waals surface area contributed by atoms with E-state index < -0.39 is 35.7 Å². The Morgan fingerprint density at radius 3 is 2.74 bits per heavy atom. The van der Waals surface area contributed by atoms with Crippen LogP contribution in [0.15, 0.2) is 43.0 Å². The lowest BCUT2D eigenvalue weighted by Gasteiger charge is -2.19. The fourth-order valence-corrected chi connectivity index (χ4v) is 3.72. The summed E-state index contributed by atoms with van der Waals surface area (Å²) >= 11 is 0. The molecule has 0 radical (unpaired) electrons. The highest BCUT2D eigenvalue weighted by atomic mass is 19.2. The molecule has 2 aromatic heterocycles. The average molecular weight is 429 g/mol. The molecule has 3 aromatic rings. The van der Waals surface area contributed by atoms with Crippen molar-refractivity contribution >= 4 is 11.6 Å². The van der Waals surface area contributed by atoms with Crippen LogP contribution in [0.1, 0.15) is 35.0 Å². The second-order valence-electron chi connectivity index (χ2n) is 7.71. The largest absolute Gasteiger partial charge is 0.390 e. The molecule has 0 bridgehead atoms. The van der Waals surface area contributed by atoms with Gasteiger partial charge in [0.15, 0.2) is 11.6 Å². The van der Waals surface area contributed by atoms with Crippen LogP contribution in [-0.2, 0) is 6.54 Å². The highest BCUT2D eigenvalue weighted by molar-refractivity contribution is 6.10. The number of ketones is 1. The third-order valence-corrected chi connectivity index (χ3v) is 5.45. The Morgan fingerprint density at radius 1 is 1.23 bits per heavy atom. The zero-order chi connectivity index (χ0) is 22.1. The number of halogens is 2. The molecule has 31 heavy (non-hydrogen) atoms. The molecule has 4 rings (SSSR count). The molecular formula is C21H21F2N5O3. The SMILES string of the molecule is C[C@@H]1C[C@@H](Nc2ncncc2C(=O)c2ccn(Cc3ccc(F)c(F)c3)n2)[C@@H](O)[C@@H]1O. The molecule has 2 heterocycles. The third kappa shape index (κ3) is 4.30. The Morgan fingerprint density at radius 2 is 2.03 bits per heavy atom. The van der Waals surface area contributed by atoms with Crippen molar-refractivity contribution in [3.8, 4) is 0 Å². The summed E-state index contributed by atoms with van der Waals surface area (Å²) < 4.78 is 27.9. The minimum atomic E-state index is -0.983. The van der Waals surface area contributed by atoms with Crippen molar-refractivity contribution in [1.29, 1.82) is 0 Å². The first kappa shape index (κ1) is 21.0. The maximum atomic E-state index is 13.4. The van der Waals surface area contributed by atoms with E-state index in [0.29, 0.717) is 12.0 Å². The number of hydrogen-bond donors (Lipinski definition) is 3. The normalized spacial score (nSPS) is 23.1. The Labute approximate surface area is 176 Å². The van der Waals surface area contributed by atoms with Gasteiger partial charge in [-0.3, -0.25) is 9.48 Å². The third-order valence-electron chi connectivity index (χ3n) is 5.45. The zero-order valence-electron chi connectivity index (χ0n) is 16.6. The highest BCUT2D eigenvalue weighted by Gasteiger charge is 2.39. The van der Waals surface area contributed by atoms with Crippen molar-refractivity contribution in [2.45, 2.75) is 38.1 Å². The van der Waals surface area contributed by atoms with Gasteiger partial charge in [0.25, 0.3) is 0 Å². The summed E-state index contributed by atoms with van der Waals surface area (Å²) in [7, 11) is 0. The molecule has 1 saturated carbocycles. The van der Waals surface area contributed by atoms with Crippen molar-refractivity contribution in [2.75, 3.05) is 5.32 Å². The van der Waals surface area contributed by atoms with Crippen LogP contribution in [0.5, 0.6) is 0 Å². The molecule has 0 saturated heterocycles. The number of aromatic nitrogens is 4. The summed E-state index contributed by atoms with van der Waals surface area (Å²) in [5.74, 6) is -2.18. The minimum Gasteiger partial charge on any atom is -0.390 e. The van der Waals surface area contributed by atoms with Gasteiger partial charge >= 0.3 is 0 Å². The summed E-state index contributed by atoms with van der Waals surface area (Å²) in [6, 6.07) is 4.60. The lowest BCUT2D eigenvalue weighted by Crippen LogP contribution is -2.35. The first-order chi connectivity index (χ1) is 14.8. The number of anilines is 1. The van der Waals surface area contributed by atoms with E-state index in [1.165, 1.54) is 29.3 Å². The number of benzene rings is 1. The van der Waals surface area contributed by atoms with Gasteiger partial charge in [-0.2, -0.15) is 5.10 Å². The van der Waals surface area contributed by atoms with Crippen LogP contribution in [0.2, 0.25) is 0 Å². The average Bonchev–Trinajstić information content (AvgIpc) is 3.31. The van der Waals surface area contributed by atoms with Crippen molar-refractivity contribution in [3.63, 3.8) is 0 Å². The Hall–Kier alpha value is -3.24. The molecule has 1 aliphatic rings. The first-order valence-electron chi connectivity index (χ1n) is 9.78.